The first-order valence-corrected chi connectivity index (χ1v) is 7.69. The van der Waals surface area contributed by atoms with E-state index in [2.05, 4.69) is 4.98 Å². The maximum absolute atomic E-state index is 12.2. The number of nitrogens with zero attached hydrogens (tertiary/aromatic N) is 2. The minimum absolute atomic E-state index is 0.0596. The van der Waals surface area contributed by atoms with Crippen molar-refractivity contribution in [1.82, 2.24) is 4.98 Å². The molecule has 3 atom stereocenters. The Balaban J connectivity index is 2.02. The van der Waals surface area contributed by atoms with Crippen molar-refractivity contribution in [2.45, 2.75) is 37.6 Å². The number of aromatic nitrogens is 1. The summed E-state index contributed by atoms with van der Waals surface area (Å²) >= 11 is 0. The van der Waals surface area contributed by atoms with E-state index in [0.29, 0.717) is 5.69 Å². The van der Waals surface area contributed by atoms with Gasteiger partial charge in [0.05, 0.1) is 17.5 Å². The van der Waals surface area contributed by atoms with Crippen LogP contribution in [0, 0.1) is 17.0 Å². The Morgan fingerprint density at radius 3 is 2.39 bits per heavy atom. The fourth-order valence-corrected chi connectivity index (χ4v) is 3.39. The van der Waals surface area contributed by atoms with E-state index in [1.807, 2.05) is 31.2 Å². The van der Waals surface area contributed by atoms with E-state index in [4.69, 9.17) is 0 Å². The van der Waals surface area contributed by atoms with Gasteiger partial charge in [0, 0.05) is 24.0 Å². The minimum atomic E-state index is -0.828. The highest BCUT2D eigenvalue weighted by atomic mass is 16.6. The molecule has 1 aliphatic rings. The molecule has 0 spiro atoms. The van der Waals surface area contributed by atoms with E-state index in [9.17, 15) is 14.9 Å². The number of carbonyl (C=O) groups is 1. The van der Waals surface area contributed by atoms with Crippen LogP contribution in [-0.4, -0.2) is 21.7 Å². The smallest absolute Gasteiger partial charge is 0.229 e. The first kappa shape index (κ1) is 15.3. The van der Waals surface area contributed by atoms with Crippen molar-refractivity contribution in [1.29, 1.82) is 0 Å². The van der Waals surface area contributed by atoms with Crippen LogP contribution < -0.4 is 0 Å². The van der Waals surface area contributed by atoms with Crippen LogP contribution in [0.5, 0.6) is 0 Å². The van der Waals surface area contributed by atoms with Gasteiger partial charge in [-0.1, -0.05) is 35.9 Å². The van der Waals surface area contributed by atoms with Crippen molar-refractivity contribution in [3.63, 3.8) is 0 Å². The maximum atomic E-state index is 12.2. The summed E-state index contributed by atoms with van der Waals surface area (Å²) in [5.41, 5.74) is 2.57. The largest absolute Gasteiger partial charge is 0.300 e. The van der Waals surface area contributed by atoms with Gasteiger partial charge in [0.2, 0.25) is 6.04 Å². The van der Waals surface area contributed by atoms with Crippen molar-refractivity contribution in [3.8, 4) is 0 Å². The van der Waals surface area contributed by atoms with E-state index in [0.717, 1.165) is 11.1 Å². The van der Waals surface area contributed by atoms with Crippen LogP contribution in [0.1, 0.15) is 41.5 Å². The molecule has 1 aliphatic carbocycles. The lowest BCUT2D eigenvalue weighted by molar-refractivity contribution is -0.532. The van der Waals surface area contributed by atoms with E-state index >= 15 is 0 Å². The first-order chi connectivity index (χ1) is 11.1. The van der Waals surface area contributed by atoms with Crippen molar-refractivity contribution >= 4 is 5.78 Å². The van der Waals surface area contributed by atoms with Gasteiger partial charge in [0.1, 0.15) is 5.78 Å². The molecule has 1 unspecified atom stereocenters. The highest BCUT2D eigenvalue weighted by Crippen LogP contribution is 2.41. The quantitative estimate of drug-likeness (QED) is 0.644. The molecule has 1 saturated carbocycles. The van der Waals surface area contributed by atoms with Crippen molar-refractivity contribution < 1.29 is 9.72 Å². The molecule has 0 N–H and O–H groups in total. The summed E-state index contributed by atoms with van der Waals surface area (Å²) in [6.07, 6.45) is 2.02. The molecule has 5 nitrogen and oxygen atoms in total. The molecule has 118 valence electrons. The zero-order valence-corrected chi connectivity index (χ0v) is 12.9. The molecule has 1 fully saturated rings. The van der Waals surface area contributed by atoms with E-state index in [1.165, 1.54) is 0 Å². The number of benzene rings is 1. The molecule has 0 saturated heterocycles. The molecular formula is C18H18N2O3. The number of pyridine rings is 1. The number of carbonyl (C=O) groups excluding carboxylic acids is 1. The second-order valence-electron chi connectivity index (χ2n) is 6.10. The maximum Gasteiger partial charge on any atom is 0.229 e. The number of hydrogen-bond donors (Lipinski definition) is 0. The van der Waals surface area contributed by atoms with E-state index < -0.39 is 17.9 Å². The van der Waals surface area contributed by atoms with Gasteiger partial charge in [-0.3, -0.25) is 19.9 Å². The molecule has 0 bridgehead atoms. The summed E-state index contributed by atoms with van der Waals surface area (Å²) in [6.45, 7) is 1.97. The number of hydrogen-bond acceptors (Lipinski definition) is 4. The molecule has 5 heteroatoms. The number of nitro groups is 1. The average Bonchev–Trinajstić information content (AvgIpc) is 2.55. The number of aryl methyl sites for hydroxylation is 1. The lowest BCUT2D eigenvalue weighted by atomic mass is 9.72. The molecular weight excluding hydrogens is 292 g/mol. The molecule has 1 aromatic heterocycles. The lowest BCUT2D eigenvalue weighted by Gasteiger charge is -2.31. The molecule has 23 heavy (non-hydrogen) atoms. The molecule has 0 amide bonds. The summed E-state index contributed by atoms with van der Waals surface area (Å²) in [4.78, 5) is 28.0. The average molecular weight is 310 g/mol. The Morgan fingerprint density at radius 2 is 1.78 bits per heavy atom. The van der Waals surface area contributed by atoms with Gasteiger partial charge in [-0.25, -0.2) is 0 Å². The van der Waals surface area contributed by atoms with E-state index in [-0.39, 0.29) is 23.5 Å². The van der Waals surface area contributed by atoms with Gasteiger partial charge < -0.3 is 0 Å². The predicted molar refractivity (Wildman–Crippen MR) is 85.9 cm³/mol. The Labute approximate surface area is 134 Å². The van der Waals surface area contributed by atoms with Crippen molar-refractivity contribution in [3.05, 3.63) is 75.6 Å². The van der Waals surface area contributed by atoms with Gasteiger partial charge in [-0.2, -0.15) is 0 Å². The van der Waals surface area contributed by atoms with Crippen LogP contribution in [0.3, 0.4) is 0 Å². The number of rotatable bonds is 3. The van der Waals surface area contributed by atoms with Gasteiger partial charge in [-0.05, 0) is 24.6 Å². The molecule has 1 heterocycles. The zero-order valence-electron chi connectivity index (χ0n) is 12.9. The van der Waals surface area contributed by atoms with Gasteiger partial charge in [0.15, 0.2) is 0 Å². The fourth-order valence-electron chi connectivity index (χ4n) is 3.39. The summed E-state index contributed by atoms with van der Waals surface area (Å²) < 4.78 is 0. The van der Waals surface area contributed by atoms with Crippen LogP contribution in [0.4, 0.5) is 0 Å². The first-order valence-electron chi connectivity index (χ1n) is 7.69. The summed E-state index contributed by atoms with van der Waals surface area (Å²) in [5, 5.41) is 11.8. The topological polar surface area (TPSA) is 73.1 Å². The molecule has 0 aliphatic heterocycles. The standard InChI is InChI=1S/C18H18N2O3/c1-12-5-7-13(8-6-12)15-10-14(21)11-16(18(15)20(22)23)17-4-2-3-9-19-17/h2-9,15-16,18H,10-11H2,1H3/t15-,16?,18-/m0/s1. The van der Waals surface area contributed by atoms with Crippen LogP contribution in [-0.2, 0) is 4.79 Å². The van der Waals surface area contributed by atoms with Crippen LogP contribution >= 0.6 is 0 Å². The molecule has 0 radical (unpaired) electrons. The SMILES string of the molecule is Cc1ccc([C@@H]2CC(=O)CC(c3ccccn3)[C@H]2[N+](=O)[O-])cc1. The molecule has 1 aromatic carbocycles. The molecule has 3 rings (SSSR count). The highest BCUT2D eigenvalue weighted by Gasteiger charge is 2.47. The van der Waals surface area contributed by atoms with Crippen molar-refractivity contribution in [2.75, 3.05) is 0 Å². The van der Waals surface area contributed by atoms with E-state index in [1.54, 1.807) is 24.4 Å². The van der Waals surface area contributed by atoms with Crippen LogP contribution in [0.2, 0.25) is 0 Å². The Morgan fingerprint density at radius 1 is 1.09 bits per heavy atom. The second-order valence-corrected chi connectivity index (χ2v) is 6.10. The summed E-state index contributed by atoms with van der Waals surface area (Å²) in [5.74, 6) is -0.818. The fraction of sp³-hybridized carbons (Fsp3) is 0.333. The van der Waals surface area contributed by atoms with Gasteiger partial charge in [-0.15, -0.1) is 0 Å². The Kier molecular flexibility index (Phi) is 4.19. The lowest BCUT2D eigenvalue weighted by Crippen LogP contribution is -2.40. The third kappa shape index (κ3) is 3.13. The van der Waals surface area contributed by atoms with Crippen LogP contribution in [0.25, 0.3) is 0 Å². The number of ketones is 1. The second kappa shape index (κ2) is 6.28. The van der Waals surface area contributed by atoms with Gasteiger partial charge >= 0.3 is 0 Å². The minimum Gasteiger partial charge on any atom is -0.300 e. The third-order valence-corrected chi connectivity index (χ3v) is 4.54. The zero-order chi connectivity index (χ0) is 16.4. The summed E-state index contributed by atoms with van der Waals surface area (Å²) in [7, 11) is 0. The molecule has 2 aromatic rings. The number of Topliss-reactive ketones (excluding diaryl/α,β-unsaturated/α-hetero) is 1. The normalized spacial score (nSPS) is 24.4. The summed E-state index contributed by atoms with van der Waals surface area (Å²) in [6, 6.07) is 12.2. The van der Waals surface area contributed by atoms with Crippen LogP contribution in [0.15, 0.2) is 48.7 Å². The monoisotopic (exact) mass is 310 g/mol. The Hall–Kier alpha value is -2.56. The highest BCUT2D eigenvalue weighted by molar-refractivity contribution is 5.81. The predicted octanol–water partition coefficient (Wildman–Crippen LogP) is 3.27. The Bertz CT molecular complexity index is 713. The van der Waals surface area contributed by atoms with Gasteiger partial charge in [0.25, 0.3) is 0 Å². The van der Waals surface area contributed by atoms with Crippen molar-refractivity contribution in [2.24, 2.45) is 0 Å². The third-order valence-electron chi connectivity index (χ3n) is 4.54.